The molecule has 14 heavy (non-hydrogen) atoms. The molecule has 0 amide bonds. The minimum Gasteiger partial charge on any atom is -0.417 e. The van der Waals surface area contributed by atoms with Crippen molar-refractivity contribution in [2.75, 3.05) is 0 Å². The molecule has 0 radical (unpaired) electrons. The van der Waals surface area contributed by atoms with E-state index in [4.69, 9.17) is 4.43 Å². The summed E-state index contributed by atoms with van der Waals surface area (Å²) < 4.78 is 6.39. The van der Waals surface area contributed by atoms with Gasteiger partial charge in [0.25, 0.3) is 0 Å². The van der Waals surface area contributed by atoms with Gasteiger partial charge in [0.15, 0.2) is 7.83 Å². The lowest BCUT2D eigenvalue weighted by Crippen LogP contribution is -2.61. The fraction of sp³-hybridized carbons (Fsp3) is 1.00. The van der Waals surface area contributed by atoms with Gasteiger partial charge in [0.05, 0.1) is 7.59 Å². The van der Waals surface area contributed by atoms with E-state index in [-0.39, 0.29) is 0 Å². The number of hydrogen-bond donors (Lipinski definition) is 0. The van der Waals surface area contributed by atoms with Crippen LogP contribution in [0, 0.1) is 0 Å². The van der Waals surface area contributed by atoms with E-state index in [1.54, 1.807) is 0 Å². The van der Waals surface area contributed by atoms with Gasteiger partial charge >= 0.3 is 0 Å². The van der Waals surface area contributed by atoms with Crippen LogP contribution in [0.3, 0.4) is 0 Å². The molecule has 3 heteroatoms. The van der Waals surface area contributed by atoms with Crippen LogP contribution < -0.4 is 0 Å². The molecule has 1 unspecified atom stereocenters. The Morgan fingerprint density at radius 2 is 1.86 bits per heavy atom. The molecule has 1 rings (SSSR count). The van der Waals surface area contributed by atoms with Gasteiger partial charge in [-0.1, -0.05) is 38.9 Å². The summed E-state index contributed by atoms with van der Waals surface area (Å²) in [5.41, 5.74) is 0. The Bertz CT molecular complexity index is 190. The summed E-state index contributed by atoms with van der Waals surface area (Å²) in [6, 6.07) is 1.50. The second kappa shape index (κ2) is 4.50. The topological polar surface area (TPSA) is 9.23 Å². The van der Waals surface area contributed by atoms with Gasteiger partial charge < -0.3 is 4.43 Å². The highest BCUT2D eigenvalue weighted by molar-refractivity contribution is 7.38. The Labute approximate surface area is 91.2 Å². The molecular formula is C11H26OSi2. The van der Waals surface area contributed by atoms with Crippen molar-refractivity contribution in [3.63, 3.8) is 0 Å². The third-order valence-electron chi connectivity index (χ3n) is 4.06. The van der Waals surface area contributed by atoms with Crippen LogP contribution in [0.2, 0.25) is 32.2 Å². The van der Waals surface area contributed by atoms with Gasteiger partial charge in [0.2, 0.25) is 0 Å². The first kappa shape index (κ1) is 12.5. The molecule has 84 valence electrons. The highest BCUT2D eigenvalue weighted by atomic mass is 29.3. The van der Waals surface area contributed by atoms with E-state index in [0.29, 0.717) is 6.10 Å². The van der Waals surface area contributed by atoms with Crippen LogP contribution in [0.15, 0.2) is 0 Å². The molecular weight excluding hydrogens is 204 g/mol. The summed E-state index contributed by atoms with van der Waals surface area (Å²) in [6.07, 6.45) is 5.91. The van der Waals surface area contributed by atoms with Crippen LogP contribution >= 0.6 is 0 Å². The van der Waals surface area contributed by atoms with Crippen LogP contribution in [0.1, 0.15) is 32.6 Å². The molecule has 0 N–H and O–H groups in total. The van der Waals surface area contributed by atoms with Crippen molar-refractivity contribution >= 4 is 15.4 Å². The molecule has 0 bridgehead atoms. The molecule has 1 atom stereocenters. The Morgan fingerprint density at radius 1 is 1.21 bits per heavy atom. The normalized spacial score (nSPS) is 30.2. The predicted octanol–water partition coefficient (Wildman–Crippen LogP) is 3.96. The standard InChI is InChI=1S/C11H26OSi2/c1-6-7-8-11-9-10-13(2,3)14(4,5)12-11/h11H,6-10H2,1-5H3. The monoisotopic (exact) mass is 230 g/mol. The molecule has 0 aromatic heterocycles. The zero-order valence-electron chi connectivity index (χ0n) is 10.5. The summed E-state index contributed by atoms with van der Waals surface area (Å²) in [7, 11) is -2.27. The molecule has 0 aliphatic carbocycles. The van der Waals surface area contributed by atoms with Crippen molar-refractivity contribution < 1.29 is 4.43 Å². The van der Waals surface area contributed by atoms with Gasteiger partial charge in [-0.05, 0) is 25.9 Å². The number of rotatable bonds is 3. The minimum atomic E-state index is -1.29. The molecule has 1 saturated heterocycles. The van der Waals surface area contributed by atoms with Crippen molar-refractivity contribution in [2.24, 2.45) is 0 Å². The van der Waals surface area contributed by atoms with Crippen LogP contribution in [0.4, 0.5) is 0 Å². The Morgan fingerprint density at radius 3 is 2.36 bits per heavy atom. The average Bonchev–Trinajstić information content (AvgIpc) is 2.07. The van der Waals surface area contributed by atoms with Crippen molar-refractivity contribution in [3.05, 3.63) is 0 Å². The van der Waals surface area contributed by atoms with Gasteiger partial charge in [-0.25, -0.2) is 0 Å². The fourth-order valence-electron chi connectivity index (χ4n) is 2.09. The lowest BCUT2D eigenvalue weighted by molar-refractivity contribution is 0.172. The first-order chi connectivity index (χ1) is 6.39. The van der Waals surface area contributed by atoms with Gasteiger partial charge in [-0.15, -0.1) is 0 Å². The van der Waals surface area contributed by atoms with E-state index in [0.717, 1.165) is 0 Å². The quantitative estimate of drug-likeness (QED) is 0.667. The lowest BCUT2D eigenvalue weighted by atomic mass is 10.1. The van der Waals surface area contributed by atoms with Crippen LogP contribution in [0.5, 0.6) is 0 Å². The molecule has 0 aromatic carbocycles. The first-order valence-electron chi connectivity index (χ1n) is 6.07. The van der Waals surface area contributed by atoms with E-state index in [9.17, 15) is 0 Å². The minimum absolute atomic E-state index is 0.608. The van der Waals surface area contributed by atoms with Crippen LogP contribution in [0.25, 0.3) is 0 Å². The summed E-state index contributed by atoms with van der Waals surface area (Å²) >= 11 is 0. The van der Waals surface area contributed by atoms with E-state index >= 15 is 0 Å². The molecule has 1 fully saturated rings. The Balaban J connectivity index is 2.50. The second-order valence-electron chi connectivity index (χ2n) is 5.81. The van der Waals surface area contributed by atoms with E-state index in [2.05, 4.69) is 33.1 Å². The Hall–Kier alpha value is 0.394. The van der Waals surface area contributed by atoms with Crippen LogP contribution in [-0.2, 0) is 4.43 Å². The third kappa shape index (κ3) is 2.70. The Kier molecular flexibility index (Phi) is 4.00. The van der Waals surface area contributed by atoms with E-state index < -0.39 is 15.4 Å². The van der Waals surface area contributed by atoms with Gasteiger partial charge in [-0.2, -0.15) is 0 Å². The van der Waals surface area contributed by atoms with E-state index in [1.165, 1.54) is 31.7 Å². The molecule has 1 aliphatic rings. The average molecular weight is 230 g/mol. The predicted molar refractivity (Wildman–Crippen MR) is 68.8 cm³/mol. The van der Waals surface area contributed by atoms with Gasteiger partial charge in [-0.3, -0.25) is 0 Å². The number of hydrogen-bond acceptors (Lipinski definition) is 1. The molecule has 1 aliphatic heterocycles. The fourth-order valence-corrected chi connectivity index (χ4v) is 8.82. The molecule has 0 aromatic rings. The number of unbranched alkanes of at least 4 members (excludes halogenated alkanes) is 1. The van der Waals surface area contributed by atoms with E-state index in [1.807, 2.05) is 0 Å². The smallest absolute Gasteiger partial charge is 0.174 e. The maximum atomic E-state index is 6.39. The molecule has 1 heterocycles. The van der Waals surface area contributed by atoms with Gasteiger partial charge in [0.1, 0.15) is 0 Å². The summed E-state index contributed by atoms with van der Waals surface area (Å²) in [6.45, 7) is 12.2. The molecule has 0 spiro atoms. The zero-order chi connectivity index (χ0) is 10.8. The summed E-state index contributed by atoms with van der Waals surface area (Å²) in [5.74, 6) is 0. The SMILES string of the molecule is CCCCC1CC[Si](C)(C)[Si](C)(C)O1. The van der Waals surface area contributed by atoms with Crippen molar-refractivity contribution in [1.29, 1.82) is 0 Å². The van der Waals surface area contributed by atoms with Crippen LogP contribution in [-0.4, -0.2) is 21.5 Å². The first-order valence-corrected chi connectivity index (χ1v) is 13.2. The molecule has 1 nitrogen and oxygen atoms in total. The molecule has 0 saturated carbocycles. The maximum Gasteiger partial charge on any atom is 0.174 e. The second-order valence-corrected chi connectivity index (χ2v) is 21.0. The largest absolute Gasteiger partial charge is 0.417 e. The maximum absolute atomic E-state index is 6.39. The summed E-state index contributed by atoms with van der Waals surface area (Å²) in [4.78, 5) is 0. The van der Waals surface area contributed by atoms with Crippen molar-refractivity contribution in [1.82, 2.24) is 0 Å². The highest BCUT2D eigenvalue weighted by Crippen LogP contribution is 2.34. The highest BCUT2D eigenvalue weighted by Gasteiger charge is 2.47. The third-order valence-corrected chi connectivity index (χ3v) is 20.7. The zero-order valence-corrected chi connectivity index (χ0v) is 12.5. The van der Waals surface area contributed by atoms with Gasteiger partial charge in [0, 0.05) is 6.10 Å². The van der Waals surface area contributed by atoms with Crippen molar-refractivity contribution in [2.45, 2.75) is 70.9 Å². The lowest BCUT2D eigenvalue weighted by Gasteiger charge is -2.45. The van der Waals surface area contributed by atoms with Crippen molar-refractivity contribution in [3.8, 4) is 0 Å². The summed E-state index contributed by atoms with van der Waals surface area (Å²) in [5, 5.41) is 0.